The number of aromatic nitrogens is 1. The molecule has 0 aliphatic heterocycles. The first kappa shape index (κ1) is 14.7. The highest BCUT2D eigenvalue weighted by atomic mass is 35.5. The van der Waals surface area contributed by atoms with Crippen molar-refractivity contribution in [1.82, 2.24) is 4.57 Å². The first-order chi connectivity index (χ1) is 10.5. The van der Waals surface area contributed by atoms with Gasteiger partial charge in [0.15, 0.2) is 0 Å². The van der Waals surface area contributed by atoms with Gasteiger partial charge in [-0.05, 0) is 60.7 Å². The number of nitrogens with zero attached hydrogens (tertiary/aromatic N) is 1. The lowest BCUT2D eigenvalue weighted by Crippen LogP contribution is -2.12. The van der Waals surface area contributed by atoms with Crippen LogP contribution in [0.4, 0.5) is 5.69 Å². The van der Waals surface area contributed by atoms with Gasteiger partial charge in [0.1, 0.15) is 0 Å². The average molecular weight is 333 g/mol. The van der Waals surface area contributed by atoms with E-state index < -0.39 is 10.0 Å². The van der Waals surface area contributed by atoms with Gasteiger partial charge >= 0.3 is 0 Å². The van der Waals surface area contributed by atoms with E-state index in [0.717, 1.165) is 5.69 Å². The Bertz CT molecular complexity index is 856. The van der Waals surface area contributed by atoms with Crippen molar-refractivity contribution in [2.45, 2.75) is 4.90 Å². The third-order valence-corrected chi connectivity index (χ3v) is 4.80. The second-order valence-corrected chi connectivity index (χ2v) is 6.82. The standard InChI is InChI=1S/C16H13ClN2O2S/c17-13-3-9-16(10-4-13)22(20,21)18-14-5-7-15(8-6-14)19-11-1-2-12-19/h1-12,18H. The van der Waals surface area contributed by atoms with Crippen molar-refractivity contribution < 1.29 is 8.42 Å². The van der Waals surface area contributed by atoms with E-state index in [1.165, 1.54) is 12.1 Å². The molecular formula is C16H13ClN2O2S. The molecule has 0 aliphatic rings. The van der Waals surface area contributed by atoms with Crippen LogP contribution in [0.3, 0.4) is 0 Å². The molecule has 2 aromatic carbocycles. The van der Waals surface area contributed by atoms with Crippen LogP contribution in [0.25, 0.3) is 5.69 Å². The van der Waals surface area contributed by atoms with E-state index in [9.17, 15) is 8.42 Å². The van der Waals surface area contributed by atoms with Crippen LogP contribution in [0.1, 0.15) is 0 Å². The summed E-state index contributed by atoms with van der Waals surface area (Å²) in [6.45, 7) is 0. The monoisotopic (exact) mass is 332 g/mol. The first-order valence-corrected chi connectivity index (χ1v) is 8.42. The van der Waals surface area contributed by atoms with Gasteiger partial charge in [0, 0.05) is 28.8 Å². The minimum atomic E-state index is -3.61. The minimum absolute atomic E-state index is 0.173. The molecule has 1 heterocycles. The Morgan fingerprint density at radius 3 is 2.05 bits per heavy atom. The zero-order valence-corrected chi connectivity index (χ0v) is 13.1. The highest BCUT2D eigenvalue weighted by Gasteiger charge is 2.13. The molecule has 1 aromatic heterocycles. The van der Waals surface area contributed by atoms with Gasteiger partial charge in [0.05, 0.1) is 4.90 Å². The van der Waals surface area contributed by atoms with Gasteiger partial charge in [-0.15, -0.1) is 0 Å². The number of nitrogens with one attached hydrogen (secondary N) is 1. The largest absolute Gasteiger partial charge is 0.324 e. The fourth-order valence-corrected chi connectivity index (χ4v) is 3.22. The summed E-state index contributed by atoms with van der Waals surface area (Å²) >= 11 is 5.77. The smallest absolute Gasteiger partial charge is 0.261 e. The molecule has 3 rings (SSSR count). The summed E-state index contributed by atoms with van der Waals surface area (Å²) in [7, 11) is -3.61. The molecule has 4 nitrogen and oxygen atoms in total. The lowest BCUT2D eigenvalue weighted by molar-refractivity contribution is 0.601. The molecule has 0 aliphatic carbocycles. The van der Waals surface area contributed by atoms with Gasteiger partial charge in [-0.3, -0.25) is 4.72 Å². The Balaban J connectivity index is 1.82. The Morgan fingerprint density at radius 2 is 1.45 bits per heavy atom. The summed E-state index contributed by atoms with van der Waals surface area (Å²) < 4.78 is 29.0. The fraction of sp³-hybridized carbons (Fsp3) is 0. The maximum atomic E-state index is 12.3. The summed E-state index contributed by atoms with van der Waals surface area (Å²) in [5.74, 6) is 0. The molecule has 1 N–H and O–H groups in total. The van der Waals surface area contributed by atoms with Crippen molar-refractivity contribution in [3.8, 4) is 5.69 Å². The average Bonchev–Trinajstić information content (AvgIpc) is 3.02. The van der Waals surface area contributed by atoms with Crippen molar-refractivity contribution >= 4 is 27.3 Å². The number of rotatable bonds is 4. The molecule has 0 unspecified atom stereocenters. The van der Waals surface area contributed by atoms with Gasteiger partial charge in [-0.25, -0.2) is 8.42 Å². The SMILES string of the molecule is O=S(=O)(Nc1ccc(-n2cccc2)cc1)c1ccc(Cl)cc1. The normalized spacial score (nSPS) is 11.3. The number of sulfonamides is 1. The van der Waals surface area contributed by atoms with Crippen molar-refractivity contribution in [2.24, 2.45) is 0 Å². The second-order valence-electron chi connectivity index (χ2n) is 4.70. The molecule has 0 fully saturated rings. The Kier molecular flexibility index (Phi) is 3.92. The molecule has 112 valence electrons. The molecule has 3 aromatic rings. The number of anilines is 1. The van der Waals surface area contributed by atoms with Crippen LogP contribution in [-0.4, -0.2) is 13.0 Å². The maximum absolute atomic E-state index is 12.3. The number of hydrogen-bond donors (Lipinski definition) is 1. The lowest BCUT2D eigenvalue weighted by Gasteiger charge is -2.09. The lowest BCUT2D eigenvalue weighted by atomic mass is 10.3. The molecule has 0 saturated carbocycles. The van der Waals surface area contributed by atoms with Crippen molar-refractivity contribution in [3.05, 3.63) is 78.1 Å². The van der Waals surface area contributed by atoms with Gasteiger partial charge in [0.25, 0.3) is 10.0 Å². The summed E-state index contributed by atoms with van der Waals surface area (Å²) in [4.78, 5) is 0.173. The maximum Gasteiger partial charge on any atom is 0.261 e. The number of benzene rings is 2. The first-order valence-electron chi connectivity index (χ1n) is 6.56. The van der Waals surface area contributed by atoms with Crippen LogP contribution in [0.2, 0.25) is 5.02 Å². The van der Waals surface area contributed by atoms with E-state index in [1.54, 1.807) is 24.3 Å². The second kappa shape index (κ2) is 5.87. The third-order valence-electron chi connectivity index (χ3n) is 3.15. The number of halogens is 1. The zero-order valence-electron chi connectivity index (χ0n) is 11.5. The molecule has 0 spiro atoms. The van der Waals surface area contributed by atoms with Gasteiger partial charge in [-0.2, -0.15) is 0 Å². The molecule has 0 amide bonds. The van der Waals surface area contributed by atoms with Crippen LogP contribution in [0.5, 0.6) is 0 Å². The molecule has 0 atom stereocenters. The predicted octanol–water partition coefficient (Wildman–Crippen LogP) is 3.93. The third kappa shape index (κ3) is 3.16. The summed E-state index contributed by atoms with van der Waals surface area (Å²) in [5.41, 5.74) is 1.46. The van der Waals surface area contributed by atoms with Crippen LogP contribution < -0.4 is 4.72 Å². The molecule has 22 heavy (non-hydrogen) atoms. The summed E-state index contributed by atoms with van der Waals surface area (Å²) in [6.07, 6.45) is 3.85. The van der Waals surface area contributed by atoms with E-state index in [1.807, 2.05) is 41.2 Å². The van der Waals surface area contributed by atoms with Crippen LogP contribution in [0, 0.1) is 0 Å². The Labute approximate surface area is 134 Å². The van der Waals surface area contributed by atoms with E-state index in [4.69, 9.17) is 11.6 Å². The molecule has 0 saturated heterocycles. The summed E-state index contributed by atoms with van der Waals surface area (Å²) in [5, 5.41) is 0.495. The van der Waals surface area contributed by atoms with Crippen molar-refractivity contribution in [3.63, 3.8) is 0 Å². The van der Waals surface area contributed by atoms with Gasteiger partial charge in [-0.1, -0.05) is 11.6 Å². The predicted molar refractivity (Wildman–Crippen MR) is 88.0 cm³/mol. The highest BCUT2D eigenvalue weighted by molar-refractivity contribution is 7.92. The Morgan fingerprint density at radius 1 is 0.864 bits per heavy atom. The quantitative estimate of drug-likeness (QED) is 0.787. The highest BCUT2D eigenvalue weighted by Crippen LogP contribution is 2.19. The van der Waals surface area contributed by atoms with E-state index in [0.29, 0.717) is 10.7 Å². The van der Waals surface area contributed by atoms with E-state index in [-0.39, 0.29) is 4.90 Å². The van der Waals surface area contributed by atoms with Crippen LogP contribution in [0.15, 0.2) is 78.0 Å². The van der Waals surface area contributed by atoms with E-state index >= 15 is 0 Å². The Hall–Kier alpha value is -2.24. The fourth-order valence-electron chi connectivity index (χ4n) is 2.04. The van der Waals surface area contributed by atoms with Crippen LogP contribution in [-0.2, 0) is 10.0 Å². The molecule has 0 radical (unpaired) electrons. The van der Waals surface area contributed by atoms with E-state index in [2.05, 4.69) is 4.72 Å². The topological polar surface area (TPSA) is 51.1 Å². The van der Waals surface area contributed by atoms with Crippen LogP contribution >= 0.6 is 11.6 Å². The number of hydrogen-bond acceptors (Lipinski definition) is 2. The molecule has 0 bridgehead atoms. The van der Waals surface area contributed by atoms with Crippen molar-refractivity contribution in [2.75, 3.05) is 4.72 Å². The summed E-state index contributed by atoms with van der Waals surface area (Å²) in [6, 6.07) is 17.0. The van der Waals surface area contributed by atoms with Gasteiger partial charge in [0.2, 0.25) is 0 Å². The zero-order chi connectivity index (χ0) is 15.6. The molecule has 6 heteroatoms. The molecular weight excluding hydrogens is 320 g/mol. The van der Waals surface area contributed by atoms with Crippen molar-refractivity contribution in [1.29, 1.82) is 0 Å². The minimum Gasteiger partial charge on any atom is -0.324 e. The van der Waals surface area contributed by atoms with Gasteiger partial charge < -0.3 is 4.57 Å².